The third kappa shape index (κ3) is 383. The Morgan fingerprint density at radius 3 is 0.529 bits per heavy atom. The van der Waals surface area contributed by atoms with Crippen molar-refractivity contribution in [3.05, 3.63) is 0 Å². The van der Waals surface area contributed by atoms with E-state index >= 15 is 0 Å². The maximum atomic E-state index is 8.44. The molecule has 0 unspecified atom stereocenters. The summed E-state index contributed by atoms with van der Waals surface area (Å²) in [7, 11) is 0. The molecule has 12 nitrogen and oxygen atoms in total. The summed E-state index contributed by atoms with van der Waals surface area (Å²) in [6, 6.07) is 0. The summed E-state index contributed by atoms with van der Waals surface area (Å²) in [5.41, 5.74) is 0. The molecular weight excluding hydrogens is 435 g/mol. The first-order chi connectivity index (χ1) is 6.93. The fourth-order valence-corrected chi connectivity index (χ4v) is 0. The number of hydrogen-bond donors (Lipinski definition) is 4. The predicted octanol–water partition coefficient (Wildman–Crippen LogP) is -4.45. The van der Waals surface area contributed by atoms with Gasteiger partial charge in [-0.3, -0.25) is 0 Å². The van der Waals surface area contributed by atoms with Crippen molar-refractivity contribution in [1.29, 1.82) is 0 Å². The Kier molecular flexibility index (Phi) is 40.6. The number of carbonyl (C=O) groups is 4. The van der Waals surface area contributed by atoms with Gasteiger partial charge in [-0.2, -0.15) is 0 Å². The van der Waals surface area contributed by atoms with Gasteiger partial charge < -0.3 is 60.0 Å². The zero-order valence-electron chi connectivity index (χ0n) is 7.37. The normalized spacial score (nSPS) is 5.65. The maximum Gasteiger partial charge on any atom is 4.00 e. The van der Waals surface area contributed by atoms with Crippen molar-refractivity contribution in [2.24, 2.45) is 0 Å². The van der Waals surface area contributed by atoms with E-state index in [1.54, 1.807) is 0 Å². The molecule has 0 aromatic carbocycles. The van der Waals surface area contributed by atoms with Crippen LogP contribution in [-0.4, -0.2) is 45.0 Å². The van der Waals surface area contributed by atoms with Gasteiger partial charge in [0.15, 0.2) is 0 Å². The van der Waals surface area contributed by atoms with Crippen molar-refractivity contribution in [2.75, 3.05) is 0 Å². The molecule has 0 aromatic rings. The van der Waals surface area contributed by atoms with E-state index in [9.17, 15) is 0 Å². The second-order valence-corrected chi connectivity index (χ2v) is 1.06. The van der Waals surface area contributed by atoms with E-state index in [2.05, 4.69) is 0 Å². The van der Waals surface area contributed by atoms with Crippen molar-refractivity contribution < 1.29 is 81.1 Å². The Labute approximate surface area is 106 Å². The minimum Gasteiger partial charge on any atom is -0.565 e. The van der Waals surface area contributed by atoms with Gasteiger partial charge in [-0.25, -0.2) is 0 Å². The summed E-state index contributed by atoms with van der Waals surface area (Å²) in [6.45, 7) is 0. The molecule has 0 spiro atoms. The molecule has 0 aliphatic heterocycles. The van der Waals surface area contributed by atoms with Crippen molar-refractivity contribution in [2.45, 2.75) is 0 Å². The van der Waals surface area contributed by atoms with Gasteiger partial charge in [0.1, 0.15) is 0 Å². The zero-order valence-corrected chi connectivity index (χ0v) is 9.64. The van der Waals surface area contributed by atoms with Crippen molar-refractivity contribution in [1.82, 2.24) is 0 Å². The van der Waals surface area contributed by atoms with Gasteiger partial charge in [-0.15, -0.1) is 0 Å². The average molecular weight is 439 g/mol. The molecular formula is C4H4O12Pt. The van der Waals surface area contributed by atoms with Gasteiger partial charge in [0.25, 0.3) is 0 Å². The van der Waals surface area contributed by atoms with Crippen LogP contribution < -0.4 is 20.4 Å². The van der Waals surface area contributed by atoms with E-state index in [1.165, 1.54) is 0 Å². The minimum absolute atomic E-state index is 0. The molecule has 0 rings (SSSR count). The zero-order chi connectivity index (χ0) is 14.3. The first-order valence-corrected chi connectivity index (χ1v) is 2.53. The molecule has 4 N–H and O–H groups in total. The van der Waals surface area contributed by atoms with Crippen molar-refractivity contribution in [3.8, 4) is 0 Å². The number of carboxylic acid groups (broad SMARTS) is 8. The van der Waals surface area contributed by atoms with Gasteiger partial charge in [0.05, 0.1) is 0 Å². The molecule has 0 aliphatic rings. The minimum atomic E-state index is -2.08. The fraction of sp³-hybridized carbons (Fsp3) is 0. The van der Waals surface area contributed by atoms with Crippen LogP contribution in [0.3, 0.4) is 0 Å². The maximum absolute atomic E-state index is 8.44. The second kappa shape index (κ2) is 23.5. The largest absolute Gasteiger partial charge is 4.00 e. The Hall–Kier alpha value is -2.23. The van der Waals surface area contributed by atoms with E-state index in [-0.39, 0.29) is 21.1 Å². The van der Waals surface area contributed by atoms with Crippen molar-refractivity contribution >= 4 is 24.6 Å². The topological polar surface area (TPSA) is 241 Å². The van der Waals surface area contributed by atoms with Gasteiger partial charge in [0, 0.05) is 0 Å². The smallest absolute Gasteiger partial charge is 0.565 e. The van der Waals surface area contributed by atoms with Crippen LogP contribution in [0.15, 0.2) is 0 Å². The SMILES string of the molecule is O=C([O-])O.O=C([O-])O.O=C([O-])O.O=C([O-])O.[Pt+4]. The molecule has 0 amide bonds. The monoisotopic (exact) mass is 439 g/mol. The van der Waals surface area contributed by atoms with Crippen LogP contribution >= 0.6 is 0 Å². The molecule has 13 heteroatoms. The van der Waals surface area contributed by atoms with E-state index in [1.807, 2.05) is 0 Å². The third-order valence-electron chi connectivity index (χ3n) is 0. The first kappa shape index (κ1) is 29.3. The summed E-state index contributed by atoms with van der Waals surface area (Å²) < 4.78 is 0. The van der Waals surface area contributed by atoms with E-state index < -0.39 is 24.6 Å². The fourth-order valence-electron chi connectivity index (χ4n) is 0. The van der Waals surface area contributed by atoms with Crippen LogP contribution in [-0.2, 0) is 21.1 Å². The van der Waals surface area contributed by atoms with Crippen LogP contribution in [0.4, 0.5) is 19.2 Å². The quantitative estimate of drug-likeness (QED) is 0.279. The van der Waals surface area contributed by atoms with Gasteiger partial charge >= 0.3 is 21.1 Å². The Bertz CT molecular complexity index is 159. The standard InChI is InChI=1S/4CH2O3.Pt/c4*2-1(3)4;/h4*(H2,2,3,4);/q;;;;+4/p-4. The molecule has 0 bridgehead atoms. The predicted molar refractivity (Wildman–Crippen MR) is 32.1 cm³/mol. The summed E-state index contributed by atoms with van der Waals surface area (Å²) in [5.74, 6) is 0. The summed E-state index contributed by atoms with van der Waals surface area (Å²) in [4.78, 5) is 33.8. The Balaban J connectivity index is -0.0000000369. The summed E-state index contributed by atoms with van der Waals surface area (Å²) in [6.07, 6.45) is -8.33. The van der Waals surface area contributed by atoms with Gasteiger partial charge in [0.2, 0.25) is 24.6 Å². The number of hydrogen-bond acceptors (Lipinski definition) is 8. The van der Waals surface area contributed by atoms with E-state index in [0.717, 1.165) is 0 Å². The molecule has 0 heterocycles. The van der Waals surface area contributed by atoms with Gasteiger partial charge in [-0.1, -0.05) is 0 Å². The summed E-state index contributed by atoms with van der Waals surface area (Å²) in [5, 5.41) is 61.2. The second-order valence-electron chi connectivity index (χ2n) is 1.06. The number of rotatable bonds is 0. The molecule has 0 saturated carbocycles. The Morgan fingerprint density at radius 1 is 0.529 bits per heavy atom. The molecule has 0 saturated heterocycles. The van der Waals surface area contributed by atoms with E-state index in [0.29, 0.717) is 0 Å². The molecule has 0 radical (unpaired) electrons. The Morgan fingerprint density at radius 2 is 0.529 bits per heavy atom. The van der Waals surface area contributed by atoms with Gasteiger partial charge in [-0.05, 0) is 0 Å². The van der Waals surface area contributed by atoms with Crippen LogP contribution in [0.1, 0.15) is 0 Å². The molecule has 17 heavy (non-hydrogen) atoms. The molecule has 0 aromatic heterocycles. The van der Waals surface area contributed by atoms with Crippen LogP contribution in [0.5, 0.6) is 0 Å². The van der Waals surface area contributed by atoms with Crippen LogP contribution in [0.25, 0.3) is 0 Å². The average Bonchev–Trinajstić information content (AvgIpc) is 1.76. The molecule has 0 aliphatic carbocycles. The molecule has 0 atom stereocenters. The van der Waals surface area contributed by atoms with Crippen LogP contribution in [0, 0.1) is 0 Å². The van der Waals surface area contributed by atoms with Crippen molar-refractivity contribution in [3.63, 3.8) is 0 Å². The third-order valence-corrected chi connectivity index (χ3v) is 0. The molecule has 102 valence electrons. The van der Waals surface area contributed by atoms with Crippen LogP contribution in [0.2, 0.25) is 0 Å². The summed E-state index contributed by atoms with van der Waals surface area (Å²) >= 11 is 0. The first-order valence-electron chi connectivity index (χ1n) is 2.53. The van der Waals surface area contributed by atoms with E-state index in [4.69, 9.17) is 60.0 Å². The molecule has 0 fully saturated rings.